The van der Waals surface area contributed by atoms with Gasteiger partial charge < -0.3 is 19.9 Å². The van der Waals surface area contributed by atoms with Gasteiger partial charge in [-0.3, -0.25) is 9.69 Å². The van der Waals surface area contributed by atoms with Crippen molar-refractivity contribution in [2.45, 2.75) is 70.1 Å². The lowest BCUT2D eigenvalue weighted by Crippen LogP contribution is -2.53. The number of ether oxygens (including phenoxy) is 2. The summed E-state index contributed by atoms with van der Waals surface area (Å²) in [5.74, 6) is 0.157. The van der Waals surface area contributed by atoms with Crippen molar-refractivity contribution in [3.63, 3.8) is 0 Å². The lowest BCUT2D eigenvalue weighted by molar-refractivity contribution is -0.376. The van der Waals surface area contributed by atoms with Crippen LogP contribution in [0.5, 0.6) is 11.5 Å². The zero-order valence-electron chi connectivity index (χ0n) is 23.4. The van der Waals surface area contributed by atoms with Crippen LogP contribution < -0.4 is 14.8 Å². The van der Waals surface area contributed by atoms with Gasteiger partial charge in [0, 0.05) is 12.1 Å². The van der Waals surface area contributed by atoms with Gasteiger partial charge in [-0.1, -0.05) is 37.6 Å². The summed E-state index contributed by atoms with van der Waals surface area (Å²) < 4.78 is 91.0. The van der Waals surface area contributed by atoms with Gasteiger partial charge in [0.2, 0.25) is 0 Å². The van der Waals surface area contributed by atoms with Gasteiger partial charge >= 0.3 is 18.4 Å². The summed E-state index contributed by atoms with van der Waals surface area (Å²) in [4.78, 5) is 26.7. The Morgan fingerprint density at radius 3 is 2.17 bits per heavy atom. The zero-order valence-corrected chi connectivity index (χ0v) is 23.4. The summed E-state index contributed by atoms with van der Waals surface area (Å²) in [6, 6.07) is 8.26. The molecule has 1 fully saturated rings. The van der Waals surface area contributed by atoms with E-state index in [0.717, 1.165) is 11.0 Å². The Balaban J connectivity index is 1.68. The van der Waals surface area contributed by atoms with Crippen molar-refractivity contribution in [1.82, 2.24) is 10.2 Å². The molecule has 42 heavy (non-hydrogen) atoms. The summed E-state index contributed by atoms with van der Waals surface area (Å²) in [7, 11) is 0. The molecule has 1 atom stereocenters. The SMILES string of the molecule is CCCc1cc(C(O)(C(F)(F)F)C(F)(F)F)ccc1OCC=CCN1C(=O)NC(C)(c2ccc(OC(C)C)cc2)C1=O. The van der Waals surface area contributed by atoms with E-state index in [4.69, 9.17) is 9.47 Å². The number of rotatable bonds is 11. The van der Waals surface area contributed by atoms with E-state index in [9.17, 15) is 41.0 Å². The molecular formula is C29H32F6N2O5. The molecule has 7 nitrogen and oxygen atoms in total. The van der Waals surface area contributed by atoms with Gasteiger partial charge in [-0.2, -0.15) is 26.3 Å². The Hall–Kier alpha value is -3.74. The van der Waals surface area contributed by atoms with E-state index >= 15 is 0 Å². The summed E-state index contributed by atoms with van der Waals surface area (Å²) in [5, 5.41) is 12.4. The van der Waals surface area contributed by atoms with Gasteiger partial charge in [-0.05, 0) is 68.7 Å². The molecule has 1 heterocycles. The largest absolute Gasteiger partial charge is 0.491 e. The minimum Gasteiger partial charge on any atom is -0.491 e. The molecule has 0 aromatic heterocycles. The molecule has 3 rings (SSSR count). The second-order valence-electron chi connectivity index (χ2n) is 10.2. The fourth-order valence-corrected chi connectivity index (χ4v) is 4.48. The first-order valence-electron chi connectivity index (χ1n) is 13.1. The quantitative estimate of drug-likeness (QED) is 0.183. The Kier molecular flexibility index (Phi) is 9.55. The molecule has 1 aliphatic heterocycles. The molecule has 2 aromatic carbocycles. The first-order valence-corrected chi connectivity index (χ1v) is 13.1. The third kappa shape index (κ3) is 6.50. The molecule has 2 aromatic rings. The van der Waals surface area contributed by atoms with Crippen molar-refractivity contribution in [2.24, 2.45) is 0 Å². The minimum absolute atomic E-state index is 0.0319. The van der Waals surface area contributed by atoms with Gasteiger partial charge in [0.15, 0.2) is 0 Å². The topological polar surface area (TPSA) is 88.1 Å². The number of hydrogen-bond donors (Lipinski definition) is 2. The number of halogens is 6. The zero-order chi connectivity index (χ0) is 31.5. The predicted molar refractivity (Wildman–Crippen MR) is 141 cm³/mol. The van der Waals surface area contributed by atoms with Crippen LogP contribution in [0.2, 0.25) is 0 Å². The molecule has 230 valence electrons. The molecule has 1 unspecified atom stereocenters. The maximum absolute atomic E-state index is 13.3. The summed E-state index contributed by atoms with van der Waals surface area (Å²) in [5.41, 5.74) is -7.10. The second-order valence-corrected chi connectivity index (χ2v) is 10.2. The van der Waals surface area contributed by atoms with E-state index in [1.807, 2.05) is 13.8 Å². The fraction of sp³-hybridized carbons (Fsp3) is 0.448. The van der Waals surface area contributed by atoms with Gasteiger partial charge in [0.05, 0.1) is 6.10 Å². The van der Waals surface area contributed by atoms with E-state index in [0.29, 0.717) is 29.9 Å². The monoisotopic (exact) mass is 602 g/mol. The molecule has 0 spiro atoms. The average Bonchev–Trinajstić information content (AvgIpc) is 3.11. The fourth-order valence-electron chi connectivity index (χ4n) is 4.48. The van der Waals surface area contributed by atoms with Crippen LogP contribution in [0, 0.1) is 0 Å². The van der Waals surface area contributed by atoms with Gasteiger partial charge in [-0.15, -0.1) is 0 Å². The third-order valence-electron chi connectivity index (χ3n) is 6.69. The summed E-state index contributed by atoms with van der Waals surface area (Å²) in [6.45, 7) is 6.75. The number of benzene rings is 2. The summed E-state index contributed by atoms with van der Waals surface area (Å²) in [6.07, 6.45) is -8.63. The second kappa shape index (κ2) is 12.2. The summed E-state index contributed by atoms with van der Waals surface area (Å²) >= 11 is 0. The van der Waals surface area contributed by atoms with E-state index in [1.54, 1.807) is 38.1 Å². The van der Waals surface area contributed by atoms with Crippen LogP contribution >= 0.6 is 0 Å². The standard InChI is InChI=1S/C29H32F6N2O5/c1-5-8-19-17-21(27(40,28(30,31)32)29(33,34)35)11-14-23(19)41-16-7-6-15-37-24(38)26(4,36-25(37)39)20-9-12-22(13-10-20)42-18(2)3/h6-7,9-14,17-18,40H,5,8,15-16H2,1-4H3,(H,36,39). The van der Waals surface area contributed by atoms with Crippen molar-refractivity contribution >= 4 is 11.9 Å². The van der Waals surface area contributed by atoms with Gasteiger partial charge in [0.25, 0.3) is 11.5 Å². The lowest BCUT2D eigenvalue weighted by atomic mass is 9.90. The van der Waals surface area contributed by atoms with Crippen LogP contribution in [0.3, 0.4) is 0 Å². The third-order valence-corrected chi connectivity index (χ3v) is 6.69. The number of aryl methyl sites for hydroxylation is 1. The number of imide groups is 1. The Labute approximate surface area is 239 Å². The molecule has 1 aliphatic rings. The predicted octanol–water partition coefficient (Wildman–Crippen LogP) is 6.14. The lowest BCUT2D eigenvalue weighted by Gasteiger charge is -2.33. The first-order chi connectivity index (χ1) is 19.5. The number of carbonyl (C=O) groups is 2. The maximum Gasteiger partial charge on any atom is 0.430 e. The number of nitrogens with zero attached hydrogens (tertiary/aromatic N) is 1. The number of aliphatic hydroxyl groups is 1. The van der Waals surface area contributed by atoms with Crippen LogP contribution in [-0.4, -0.2) is 53.6 Å². The highest BCUT2D eigenvalue weighted by Crippen LogP contribution is 2.50. The number of amides is 3. The number of alkyl halides is 6. The Morgan fingerprint density at radius 1 is 1.00 bits per heavy atom. The molecule has 1 saturated heterocycles. The van der Waals surface area contributed by atoms with Crippen molar-refractivity contribution in [3.8, 4) is 11.5 Å². The van der Waals surface area contributed by atoms with Crippen LogP contribution in [-0.2, 0) is 22.4 Å². The Morgan fingerprint density at radius 2 is 1.62 bits per heavy atom. The van der Waals surface area contributed by atoms with E-state index < -0.39 is 41.0 Å². The number of hydrogen-bond acceptors (Lipinski definition) is 5. The molecular weight excluding hydrogens is 570 g/mol. The van der Waals surface area contributed by atoms with E-state index in [-0.39, 0.29) is 37.0 Å². The van der Waals surface area contributed by atoms with Crippen molar-refractivity contribution < 1.29 is 50.5 Å². The van der Waals surface area contributed by atoms with Gasteiger partial charge in [-0.25, -0.2) is 4.79 Å². The smallest absolute Gasteiger partial charge is 0.430 e. The highest BCUT2D eigenvalue weighted by molar-refractivity contribution is 6.07. The molecule has 0 radical (unpaired) electrons. The van der Waals surface area contributed by atoms with Crippen molar-refractivity contribution in [2.75, 3.05) is 13.2 Å². The highest BCUT2D eigenvalue weighted by atomic mass is 19.4. The van der Waals surface area contributed by atoms with Crippen LogP contribution in [0.1, 0.15) is 50.8 Å². The normalized spacial score (nSPS) is 18.2. The Bertz CT molecular complexity index is 1290. The number of urea groups is 1. The average molecular weight is 603 g/mol. The van der Waals surface area contributed by atoms with Crippen LogP contribution in [0.15, 0.2) is 54.6 Å². The highest BCUT2D eigenvalue weighted by Gasteiger charge is 2.71. The molecule has 13 heteroatoms. The molecule has 0 bridgehead atoms. The minimum atomic E-state index is -6.00. The maximum atomic E-state index is 13.3. The van der Waals surface area contributed by atoms with E-state index in [1.165, 1.54) is 12.2 Å². The van der Waals surface area contributed by atoms with Crippen LogP contribution in [0.4, 0.5) is 31.1 Å². The molecule has 3 amide bonds. The van der Waals surface area contributed by atoms with Gasteiger partial charge in [0.1, 0.15) is 23.6 Å². The number of carbonyl (C=O) groups excluding carboxylic acids is 2. The van der Waals surface area contributed by atoms with Crippen LogP contribution in [0.25, 0.3) is 0 Å². The van der Waals surface area contributed by atoms with E-state index in [2.05, 4.69) is 5.32 Å². The molecule has 0 saturated carbocycles. The van der Waals surface area contributed by atoms with Crippen molar-refractivity contribution in [1.29, 1.82) is 0 Å². The number of nitrogens with one attached hydrogen (secondary N) is 1. The van der Waals surface area contributed by atoms with Crippen molar-refractivity contribution in [3.05, 3.63) is 71.3 Å². The first kappa shape index (κ1) is 32.8. The molecule has 2 N–H and O–H groups in total. The molecule has 0 aliphatic carbocycles.